The van der Waals surface area contributed by atoms with Gasteiger partial charge in [0.1, 0.15) is 5.75 Å². The van der Waals surface area contributed by atoms with Crippen molar-refractivity contribution < 1.29 is 34.2 Å². The van der Waals surface area contributed by atoms with Gasteiger partial charge >= 0.3 is 0 Å². The first-order valence-corrected chi connectivity index (χ1v) is 11.8. The van der Waals surface area contributed by atoms with Crippen LogP contribution in [-0.4, -0.2) is 44.9 Å². The number of aliphatic hydroxyl groups is 1. The maximum absolute atomic E-state index is 13.6. The number of nitrogens with two attached hydrogens (primary N) is 1. The number of amides is 1. The predicted molar refractivity (Wildman–Crippen MR) is 129 cm³/mol. The molecule has 8 nitrogen and oxygen atoms in total. The topological polar surface area (TPSA) is 152 Å². The molecule has 0 saturated heterocycles. The molecule has 3 aliphatic rings. The molecule has 0 aromatic heterocycles. The Hall–Kier alpha value is -3.91. The number of phenolic OH excluding ortho intramolecular Hbond substituents is 1. The van der Waals surface area contributed by atoms with Crippen molar-refractivity contribution in [1.82, 2.24) is 0 Å². The summed E-state index contributed by atoms with van der Waals surface area (Å²) in [6.07, 6.45) is 3.68. The van der Waals surface area contributed by atoms with Crippen LogP contribution in [-0.2, 0) is 25.6 Å². The number of hydrogen-bond acceptors (Lipinski definition) is 7. The van der Waals surface area contributed by atoms with Gasteiger partial charge < -0.3 is 15.9 Å². The van der Waals surface area contributed by atoms with Crippen LogP contribution < -0.4 is 5.73 Å². The van der Waals surface area contributed by atoms with Crippen molar-refractivity contribution in [1.29, 1.82) is 0 Å². The van der Waals surface area contributed by atoms with Crippen LogP contribution in [0.15, 0.2) is 36.4 Å². The smallest absolute Gasteiger partial charge is 0.235 e. The number of fused-ring (bicyclic) bond motifs is 3. The number of Topliss-reactive ketones (excluding diaryl/α,β-unsaturated/α-hetero) is 4. The molecule has 36 heavy (non-hydrogen) atoms. The van der Waals surface area contributed by atoms with Crippen LogP contribution >= 0.6 is 0 Å². The normalized spacial score (nSPS) is 29.6. The van der Waals surface area contributed by atoms with Crippen LogP contribution in [0.5, 0.6) is 5.75 Å². The minimum Gasteiger partial charge on any atom is -0.507 e. The maximum atomic E-state index is 13.6. The second kappa shape index (κ2) is 8.34. The molecule has 2 aromatic rings. The molecule has 8 heteroatoms. The Balaban J connectivity index is 1.54. The van der Waals surface area contributed by atoms with E-state index in [9.17, 15) is 34.2 Å². The molecule has 5 rings (SSSR count). The molecule has 0 spiro atoms. The number of aromatic hydroxyl groups is 1. The van der Waals surface area contributed by atoms with Gasteiger partial charge in [-0.3, -0.25) is 24.0 Å². The first-order valence-electron chi connectivity index (χ1n) is 11.8. The lowest BCUT2D eigenvalue weighted by Crippen LogP contribution is -2.68. The fourth-order valence-corrected chi connectivity index (χ4v) is 6.01. The standard InChI is InChI=1S/C28H25NO7/c1-13-2-4-14(5-3-13)6-7-15-8-9-19(30)22-18(15)11-16-10-17-12-20(31)23(27(29)35)26(34)28(17,36)25(33)21(16)24(22)32/h2-9,16-17,21,23,30,36H,10-12H2,1H3,(H2,29,35)/b7-6+/t16-,17+,21?,23?,28+/m1/s1. The van der Waals surface area contributed by atoms with Gasteiger partial charge in [-0.15, -0.1) is 0 Å². The zero-order valence-electron chi connectivity index (χ0n) is 19.6. The first kappa shape index (κ1) is 23.8. The molecule has 4 N–H and O–H groups in total. The number of phenols is 1. The van der Waals surface area contributed by atoms with Crippen LogP contribution in [0.25, 0.3) is 12.2 Å². The van der Waals surface area contributed by atoms with E-state index in [-0.39, 0.29) is 30.6 Å². The van der Waals surface area contributed by atoms with E-state index in [0.717, 1.165) is 11.1 Å². The molecule has 184 valence electrons. The molecule has 0 radical (unpaired) electrons. The van der Waals surface area contributed by atoms with Crippen LogP contribution in [0.2, 0.25) is 0 Å². The average molecular weight is 488 g/mol. The van der Waals surface area contributed by atoms with E-state index < -0.39 is 58.3 Å². The second-order valence-corrected chi connectivity index (χ2v) is 10.0. The highest BCUT2D eigenvalue weighted by atomic mass is 16.3. The van der Waals surface area contributed by atoms with Crippen molar-refractivity contribution in [2.45, 2.75) is 31.8 Å². The second-order valence-electron chi connectivity index (χ2n) is 10.0. The van der Waals surface area contributed by atoms with Gasteiger partial charge in [0.15, 0.2) is 34.7 Å². The highest BCUT2D eigenvalue weighted by molar-refractivity contribution is 6.31. The van der Waals surface area contributed by atoms with Crippen molar-refractivity contribution in [3.8, 4) is 5.75 Å². The Morgan fingerprint density at radius 1 is 1.00 bits per heavy atom. The summed E-state index contributed by atoms with van der Waals surface area (Å²) >= 11 is 0. The van der Waals surface area contributed by atoms with Gasteiger partial charge in [-0.05, 0) is 48.4 Å². The fourth-order valence-electron chi connectivity index (χ4n) is 6.01. The number of rotatable bonds is 3. The van der Waals surface area contributed by atoms with E-state index in [1.54, 1.807) is 6.07 Å². The molecule has 5 atom stereocenters. The lowest BCUT2D eigenvalue weighted by molar-refractivity contribution is -0.175. The van der Waals surface area contributed by atoms with Gasteiger partial charge in [0.2, 0.25) is 5.91 Å². The third-order valence-electron chi connectivity index (χ3n) is 7.85. The molecule has 1 amide bonds. The van der Waals surface area contributed by atoms with Crippen molar-refractivity contribution in [2.24, 2.45) is 29.4 Å². The maximum Gasteiger partial charge on any atom is 0.235 e. The molecular weight excluding hydrogens is 462 g/mol. The van der Waals surface area contributed by atoms with Crippen LogP contribution in [0.4, 0.5) is 0 Å². The third-order valence-corrected chi connectivity index (χ3v) is 7.85. The van der Waals surface area contributed by atoms with Crippen LogP contribution in [0.3, 0.4) is 0 Å². The number of aryl methyl sites for hydroxylation is 1. The summed E-state index contributed by atoms with van der Waals surface area (Å²) in [5.74, 6) is -10.1. The number of ketones is 4. The number of primary amides is 1. The summed E-state index contributed by atoms with van der Waals surface area (Å²) in [4.78, 5) is 64.2. The molecule has 2 unspecified atom stereocenters. The number of benzene rings is 2. The zero-order chi connectivity index (χ0) is 25.9. The Morgan fingerprint density at radius 3 is 2.36 bits per heavy atom. The third kappa shape index (κ3) is 3.44. The Morgan fingerprint density at radius 2 is 1.69 bits per heavy atom. The molecule has 0 aliphatic heterocycles. The fraction of sp³-hybridized carbons (Fsp3) is 0.321. The van der Waals surface area contributed by atoms with Gasteiger partial charge in [0.25, 0.3) is 0 Å². The van der Waals surface area contributed by atoms with E-state index in [1.165, 1.54) is 6.07 Å². The minimum absolute atomic E-state index is 0.0107. The molecular formula is C28H25NO7. The van der Waals surface area contributed by atoms with Gasteiger partial charge in [-0.1, -0.05) is 48.0 Å². The Labute approximate surface area is 206 Å². The van der Waals surface area contributed by atoms with E-state index >= 15 is 0 Å². The minimum atomic E-state index is -2.64. The first-order chi connectivity index (χ1) is 17.0. The summed E-state index contributed by atoms with van der Waals surface area (Å²) < 4.78 is 0. The monoisotopic (exact) mass is 487 g/mol. The van der Waals surface area contributed by atoms with Crippen molar-refractivity contribution in [3.63, 3.8) is 0 Å². The van der Waals surface area contributed by atoms with E-state index in [4.69, 9.17) is 5.73 Å². The zero-order valence-corrected chi connectivity index (χ0v) is 19.6. The lowest BCUT2D eigenvalue weighted by atomic mass is 9.53. The highest BCUT2D eigenvalue weighted by Gasteiger charge is 2.66. The van der Waals surface area contributed by atoms with Crippen molar-refractivity contribution in [2.75, 3.05) is 0 Å². The Kier molecular flexibility index (Phi) is 5.52. The Bertz CT molecular complexity index is 1370. The number of hydrogen-bond donors (Lipinski definition) is 3. The summed E-state index contributed by atoms with van der Waals surface area (Å²) in [5.41, 5.74) is 5.90. The SMILES string of the molecule is Cc1ccc(/C=C/c2ccc(O)c3c2C[C@H]2C[C@H]4CC(=O)C(C(N)=O)C(=O)[C@@]4(O)C(=O)C2C3=O)cc1. The van der Waals surface area contributed by atoms with Gasteiger partial charge in [-0.25, -0.2) is 0 Å². The van der Waals surface area contributed by atoms with Gasteiger partial charge in [0, 0.05) is 12.3 Å². The van der Waals surface area contributed by atoms with E-state index in [0.29, 0.717) is 11.1 Å². The highest BCUT2D eigenvalue weighted by Crippen LogP contribution is 2.50. The summed E-state index contributed by atoms with van der Waals surface area (Å²) in [6, 6.07) is 10.9. The molecule has 2 saturated carbocycles. The number of carbonyl (C=O) groups excluding carboxylic acids is 5. The molecule has 0 heterocycles. The number of carbonyl (C=O) groups is 5. The van der Waals surface area contributed by atoms with Gasteiger partial charge in [0.05, 0.1) is 11.5 Å². The predicted octanol–water partition coefficient (Wildman–Crippen LogP) is 1.81. The molecule has 3 aliphatic carbocycles. The summed E-state index contributed by atoms with van der Waals surface area (Å²) in [6.45, 7) is 1.99. The van der Waals surface area contributed by atoms with E-state index in [2.05, 4.69) is 0 Å². The molecule has 2 fully saturated rings. The average Bonchev–Trinajstić information content (AvgIpc) is 2.81. The van der Waals surface area contributed by atoms with Crippen molar-refractivity contribution >= 4 is 41.2 Å². The van der Waals surface area contributed by atoms with Crippen LogP contribution in [0, 0.1) is 30.6 Å². The van der Waals surface area contributed by atoms with E-state index in [1.807, 2.05) is 43.3 Å². The van der Waals surface area contributed by atoms with Gasteiger partial charge in [-0.2, -0.15) is 0 Å². The summed E-state index contributed by atoms with van der Waals surface area (Å²) in [7, 11) is 0. The van der Waals surface area contributed by atoms with Crippen LogP contribution in [0.1, 0.15) is 45.5 Å². The largest absolute Gasteiger partial charge is 0.507 e. The quantitative estimate of drug-likeness (QED) is 0.441. The molecule has 2 aromatic carbocycles. The lowest BCUT2D eigenvalue weighted by Gasteiger charge is -2.48. The summed E-state index contributed by atoms with van der Waals surface area (Å²) in [5, 5.41) is 21.8. The molecule has 0 bridgehead atoms. The van der Waals surface area contributed by atoms with Crippen molar-refractivity contribution in [3.05, 3.63) is 64.2 Å².